The predicted octanol–water partition coefficient (Wildman–Crippen LogP) is 6.34. The number of rotatable bonds is 3. The molecule has 7 heteroatoms. The number of aliphatic imine (C=N–C) groups is 1. The van der Waals surface area contributed by atoms with Crippen LogP contribution in [-0.4, -0.2) is 22.7 Å². The standard InChI is InChI=1S/C25H19F3N4/c1-14-3-4-16(22-11-17-5-7-19(25(26,27)28)12-23(17)31-22)10-20(14)15-6-8-21-18(9-15)13-30-24(29-2)32-21/h3-10,12-13H,11H2,1-2H3,(H,29,30,32). The molecule has 0 amide bonds. The van der Waals surface area contributed by atoms with Crippen LogP contribution in [-0.2, 0) is 12.6 Å². The zero-order chi connectivity index (χ0) is 22.5. The summed E-state index contributed by atoms with van der Waals surface area (Å²) in [5, 5.41) is 3.86. The molecule has 5 rings (SSSR count). The molecule has 0 spiro atoms. The fourth-order valence-electron chi connectivity index (χ4n) is 3.96. The van der Waals surface area contributed by atoms with Gasteiger partial charge in [0.15, 0.2) is 0 Å². The molecule has 0 fully saturated rings. The van der Waals surface area contributed by atoms with Crippen molar-refractivity contribution in [1.82, 2.24) is 9.97 Å². The Bertz CT molecular complexity index is 1390. The van der Waals surface area contributed by atoms with Gasteiger partial charge in [-0.15, -0.1) is 0 Å². The molecular weight excluding hydrogens is 413 g/mol. The minimum absolute atomic E-state index is 0.389. The average Bonchev–Trinajstić information content (AvgIpc) is 3.21. The SMILES string of the molecule is CNc1ncc2cc(-c3cc(C4=Nc5cc(C(F)(F)F)ccc5C4)ccc3C)ccc2n1. The maximum absolute atomic E-state index is 13.1. The highest BCUT2D eigenvalue weighted by molar-refractivity contribution is 6.07. The summed E-state index contributed by atoms with van der Waals surface area (Å²) in [5.41, 5.74) is 6.18. The van der Waals surface area contributed by atoms with Gasteiger partial charge < -0.3 is 5.32 Å². The maximum Gasteiger partial charge on any atom is 0.416 e. The topological polar surface area (TPSA) is 50.2 Å². The third kappa shape index (κ3) is 3.60. The van der Waals surface area contributed by atoms with E-state index in [-0.39, 0.29) is 0 Å². The second-order valence-corrected chi connectivity index (χ2v) is 7.82. The third-order valence-corrected chi connectivity index (χ3v) is 5.71. The largest absolute Gasteiger partial charge is 0.416 e. The number of hydrogen-bond acceptors (Lipinski definition) is 4. The van der Waals surface area contributed by atoms with Crippen LogP contribution >= 0.6 is 0 Å². The molecule has 3 aromatic carbocycles. The Kier molecular flexibility index (Phi) is 4.69. The number of benzene rings is 3. The van der Waals surface area contributed by atoms with Crippen LogP contribution in [0, 0.1) is 6.92 Å². The molecule has 2 heterocycles. The molecule has 0 bridgehead atoms. The number of nitrogens with zero attached hydrogens (tertiary/aromatic N) is 3. The number of aromatic nitrogens is 2. The van der Waals surface area contributed by atoms with E-state index < -0.39 is 11.7 Å². The molecule has 0 unspecified atom stereocenters. The highest BCUT2D eigenvalue weighted by atomic mass is 19.4. The Morgan fingerprint density at radius 3 is 2.53 bits per heavy atom. The lowest BCUT2D eigenvalue weighted by Gasteiger charge is -2.11. The van der Waals surface area contributed by atoms with E-state index in [0.29, 0.717) is 18.1 Å². The minimum Gasteiger partial charge on any atom is -0.357 e. The van der Waals surface area contributed by atoms with Gasteiger partial charge in [0.2, 0.25) is 5.95 Å². The van der Waals surface area contributed by atoms with Crippen molar-refractivity contribution in [2.45, 2.75) is 19.5 Å². The van der Waals surface area contributed by atoms with Gasteiger partial charge in [-0.3, -0.25) is 4.99 Å². The smallest absolute Gasteiger partial charge is 0.357 e. The first kappa shape index (κ1) is 20.2. The Morgan fingerprint density at radius 2 is 1.75 bits per heavy atom. The first-order chi connectivity index (χ1) is 15.3. The van der Waals surface area contributed by atoms with Crippen molar-refractivity contribution in [2.75, 3.05) is 12.4 Å². The van der Waals surface area contributed by atoms with Crippen molar-refractivity contribution < 1.29 is 13.2 Å². The Balaban J connectivity index is 1.52. The lowest BCUT2D eigenvalue weighted by atomic mass is 9.94. The van der Waals surface area contributed by atoms with Crippen LogP contribution in [0.15, 0.2) is 65.8 Å². The second kappa shape index (κ2) is 7.44. The van der Waals surface area contributed by atoms with Gasteiger partial charge in [-0.05, 0) is 65.1 Å². The number of fused-ring (bicyclic) bond motifs is 2. The van der Waals surface area contributed by atoms with Gasteiger partial charge in [0.05, 0.1) is 22.5 Å². The quantitative estimate of drug-likeness (QED) is 0.411. The fourth-order valence-corrected chi connectivity index (χ4v) is 3.96. The Morgan fingerprint density at radius 1 is 0.938 bits per heavy atom. The monoisotopic (exact) mass is 432 g/mol. The molecule has 1 aromatic heterocycles. The Labute approximate surface area is 182 Å². The Hall–Kier alpha value is -3.74. The molecular formula is C25H19F3N4. The molecule has 4 nitrogen and oxygen atoms in total. The van der Waals surface area contributed by atoms with E-state index in [1.165, 1.54) is 6.07 Å². The molecule has 1 aliphatic rings. The number of halogens is 3. The molecule has 4 aromatic rings. The van der Waals surface area contributed by atoms with E-state index in [9.17, 15) is 13.2 Å². The molecule has 0 saturated heterocycles. The summed E-state index contributed by atoms with van der Waals surface area (Å²) in [6, 6.07) is 15.8. The van der Waals surface area contributed by atoms with Crippen molar-refractivity contribution in [1.29, 1.82) is 0 Å². The summed E-state index contributed by atoms with van der Waals surface area (Å²) in [4.78, 5) is 13.3. The van der Waals surface area contributed by atoms with E-state index in [0.717, 1.165) is 56.6 Å². The first-order valence-corrected chi connectivity index (χ1v) is 10.2. The van der Waals surface area contributed by atoms with Crippen LogP contribution in [0.1, 0.15) is 22.3 Å². The predicted molar refractivity (Wildman–Crippen MR) is 121 cm³/mol. The second-order valence-electron chi connectivity index (χ2n) is 7.82. The van der Waals surface area contributed by atoms with Gasteiger partial charge in [0, 0.05) is 25.1 Å². The van der Waals surface area contributed by atoms with E-state index in [2.05, 4.69) is 26.3 Å². The van der Waals surface area contributed by atoms with Crippen molar-refractivity contribution in [3.63, 3.8) is 0 Å². The van der Waals surface area contributed by atoms with Crippen LogP contribution < -0.4 is 5.32 Å². The highest BCUT2D eigenvalue weighted by Crippen LogP contribution is 2.37. The lowest BCUT2D eigenvalue weighted by Crippen LogP contribution is -2.04. The fraction of sp³-hybridized carbons (Fsp3) is 0.160. The van der Waals surface area contributed by atoms with Crippen molar-refractivity contribution in [3.05, 3.63) is 83.0 Å². The van der Waals surface area contributed by atoms with Gasteiger partial charge >= 0.3 is 6.18 Å². The third-order valence-electron chi connectivity index (χ3n) is 5.71. The number of hydrogen-bond donors (Lipinski definition) is 1. The van der Waals surface area contributed by atoms with Gasteiger partial charge in [0.25, 0.3) is 0 Å². The van der Waals surface area contributed by atoms with Crippen molar-refractivity contribution >= 4 is 28.3 Å². The first-order valence-electron chi connectivity index (χ1n) is 10.2. The summed E-state index contributed by atoms with van der Waals surface area (Å²) in [6.45, 7) is 2.03. The van der Waals surface area contributed by atoms with Crippen molar-refractivity contribution in [2.24, 2.45) is 4.99 Å². The average molecular weight is 432 g/mol. The molecule has 0 atom stereocenters. The molecule has 1 aliphatic heterocycles. The zero-order valence-corrected chi connectivity index (χ0v) is 17.5. The summed E-state index contributed by atoms with van der Waals surface area (Å²) < 4.78 is 39.2. The zero-order valence-electron chi connectivity index (χ0n) is 17.5. The number of anilines is 1. The van der Waals surface area contributed by atoms with Crippen LogP contribution in [0.25, 0.3) is 22.0 Å². The minimum atomic E-state index is -4.38. The van der Waals surface area contributed by atoms with Gasteiger partial charge in [0.1, 0.15) is 0 Å². The highest BCUT2D eigenvalue weighted by Gasteiger charge is 2.32. The summed E-state index contributed by atoms with van der Waals surface area (Å²) >= 11 is 0. The van der Waals surface area contributed by atoms with Gasteiger partial charge in [-0.25, -0.2) is 9.97 Å². The van der Waals surface area contributed by atoms with E-state index in [1.807, 2.05) is 37.3 Å². The van der Waals surface area contributed by atoms with Crippen molar-refractivity contribution in [3.8, 4) is 11.1 Å². The molecule has 160 valence electrons. The lowest BCUT2D eigenvalue weighted by molar-refractivity contribution is -0.137. The molecule has 0 aliphatic carbocycles. The van der Waals surface area contributed by atoms with Gasteiger partial charge in [-0.1, -0.05) is 24.3 Å². The number of aryl methyl sites for hydroxylation is 1. The number of nitrogens with one attached hydrogen (secondary N) is 1. The normalized spacial score (nSPS) is 13.2. The van der Waals surface area contributed by atoms with Crippen LogP contribution in [0.2, 0.25) is 0 Å². The van der Waals surface area contributed by atoms with Crippen LogP contribution in [0.4, 0.5) is 24.8 Å². The molecule has 32 heavy (non-hydrogen) atoms. The molecule has 1 N–H and O–H groups in total. The summed E-state index contributed by atoms with van der Waals surface area (Å²) in [6.07, 6.45) is -2.08. The summed E-state index contributed by atoms with van der Waals surface area (Å²) in [7, 11) is 1.78. The van der Waals surface area contributed by atoms with E-state index in [4.69, 9.17) is 0 Å². The molecule has 0 radical (unpaired) electrons. The maximum atomic E-state index is 13.1. The van der Waals surface area contributed by atoms with Gasteiger partial charge in [-0.2, -0.15) is 13.2 Å². The molecule has 0 saturated carbocycles. The number of alkyl halides is 3. The van der Waals surface area contributed by atoms with Crippen LogP contribution in [0.5, 0.6) is 0 Å². The van der Waals surface area contributed by atoms with E-state index in [1.54, 1.807) is 13.2 Å². The van der Waals surface area contributed by atoms with Crippen LogP contribution in [0.3, 0.4) is 0 Å². The van der Waals surface area contributed by atoms with E-state index >= 15 is 0 Å². The summed E-state index contributed by atoms with van der Waals surface area (Å²) in [5.74, 6) is 0.566.